The predicted molar refractivity (Wildman–Crippen MR) is 119 cm³/mol. The molecule has 31 heavy (non-hydrogen) atoms. The lowest BCUT2D eigenvalue weighted by Crippen LogP contribution is -2.45. The molecule has 1 heterocycles. The number of benzene rings is 2. The third kappa shape index (κ3) is 7.30. The quantitative estimate of drug-likeness (QED) is 0.573. The zero-order chi connectivity index (χ0) is 22.3. The molecule has 0 radical (unpaired) electrons. The number of rotatable bonds is 9. The number of carbonyl (C=O) groups is 1. The third-order valence-electron chi connectivity index (χ3n) is 5.26. The van der Waals surface area contributed by atoms with Gasteiger partial charge in [0.1, 0.15) is 5.82 Å². The Hall–Kier alpha value is -2.49. The summed E-state index contributed by atoms with van der Waals surface area (Å²) in [6.45, 7) is 5.94. The first-order valence-corrected chi connectivity index (χ1v) is 11.8. The van der Waals surface area contributed by atoms with Crippen LogP contribution in [-0.2, 0) is 21.2 Å². The zero-order valence-electron chi connectivity index (χ0n) is 17.7. The third-order valence-corrected chi connectivity index (χ3v) is 6.66. The molecule has 1 fully saturated rings. The lowest BCUT2D eigenvalue weighted by atomic mass is 10.1. The first-order chi connectivity index (χ1) is 14.8. The van der Waals surface area contributed by atoms with E-state index in [-0.39, 0.29) is 17.2 Å². The van der Waals surface area contributed by atoms with Crippen LogP contribution in [0.5, 0.6) is 0 Å². The number of sulfonamides is 1. The van der Waals surface area contributed by atoms with Crippen LogP contribution < -0.4 is 10.0 Å². The smallest absolute Gasteiger partial charge is 0.261 e. The Morgan fingerprint density at radius 3 is 2.29 bits per heavy atom. The molecule has 0 spiro atoms. The van der Waals surface area contributed by atoms with E-state index in [4.69, 9.17) is 0 Å². The summed E-state index contributed by atoms with van der Waals surface area (Å²) in [6.07, 6.45) is 1.15. The molecule has 168 valence electrons. The second-order valence-electron chi connectivity index (χ2n) is 7.78. The molecule has 3 rings (SSSR count). The second kappa shape index (κ2) is 10.7. The molecule has 0 atom stereocenters. The molecule has 1 amide bonds. The summed E-state index contributed by atoms with van der Waals surface area (Å²) in [6, 6.07) is 11.3. The molecule has 0 bridgehead atoms. The van der Waals surface area contributed by atoms with Crippen molar-refractivity contribution in [2.45, 2.75) is 17.7 Å². The predicted octanol–water partition coefficient (Wildman–Crippen LogP) is 1.92. The Morgan fingerprint density at radius 2 is 1.65 bits per heavy atom. The lowest BCUT2D eigenvalue weighted by Gasteiger charge is -2.32. The number of hydrogen-bond acceptors (Lipinski definition) is 5. The minimum Gasteiger partial charge on any atom is -0.356 e. The number of hydrogen-bond donors (Lipinski definition) is 2. The van der Waals surface area contributed by atoms with Gasteiger partial charge in [-0.2, -0.15) is 0 Å². The summed E-state index contributed by atoms with van der Waals surface area (Å²) in [5.41, 5.74) is 1.17. The van der Waals surface area contributed by atoms with E-state index in [1.807, 2.05) is 0 Å². The van der Waals surface area contributed by atoms with E-state index in [0.717, 1.165) is 56.8 Å². The number of carbonyl (C=O) groups excluding carboxylic acids is 1. The van der Waals surface area contributed by atoms with Crippen LogP contribution in [0.25, 0.3) is 0 Å². The fourth-order valence-electron chi connectivity index (χ4n) is 3.37. The summed E-state index contributed by atoms with van der Waals surface area (Å²) in [7, 11) is -1.67. The summed E-state index contributed by atoms with van der Waals surface area (Å²) in [5, 5.41) is 2.94. The maximum atomic E-state index is 13.0. The number of nitrogens with one attached hydrogen (secondary N) is 2. The first-order valence-electron chi connectivity index (χ1n) is 10.4. The first kappa shape index (κ1) is 23.2. The monoisotopic (exact) mass is 448 g/mol. The van der Waals surface area contributed by atoms with Gasteiger partial charge in [-0.05, 0) is 62.0 Å². The fourth-order valence-corrected chi connectivity index (χ4v) is 4.43. The maximum absolute atomic E-state index is 13.0. The molecule has 0 aromatic heterocycles. The number of piperazine rings is 1. The molecular weight excluding hydrogens is 419 g/mol. The van der Waals surface area contributed by atoms with Gasteiger partial charge in [0, 0.05) is 38.4 Å². The Bertz CT molecular complexity index is 957. The van der Waals surface area contributed by atoms with Crippen molar-refractivity contribution in [2.24, 2.45) is 0 Å². The van der Waals surface area contributed by atoms with E-state index in [1.165, 1.54) is 12.1 Å². The molecule has 0 unspecified atom stereocenters. The van der Waals surface area contributed by atoms with Gasteiger partial charge >= 0.3 is 0 Å². The molecule has 1 aliphatic rings. The maximum Gasteiger partial charge on any atom is 0.261 e. The molecule has 9 heteroatoms. The molecule has 0 saturated carbocycles. The van der Waals surface area contributed by atoms with Gasteiger partial charge < -0.3 is 15.1 Å². The minimum absolute atomic E-state index is 0.0195. The largest absolute Gasteiger partial charge is 0.356 e. The van der Waals surface area contributed by atoms with Crippen molar-refractivity contribution in [2.75, 3.05) is 51.0 Å². The van der Waals surface area contributed by atoms with E-state index < -0.39 is 15.8 Å². The molecular formula is C22H29FN4O3S. The van der Waals surface area contributed by atoms with Crippen molar-refractivity contribution in [3.05, 3.63) is 59.9 Å². The van der Waals surface area contributed by atoms with E-state index in [9.17, 15) is 17.6 Å². The van der Waals surface area contributed by atoms with Crippen LogP contribution in [0, 0.1) is 5.82 Å². The molecule has 1 saturated heterocycles. The number of anilines is 1. The lowest BCUT2D eigenvalue weighted by molar-refractivity contribution is -0.120. The molecule has 1 aliphatic heterocycles. The van der Waals surface area contributed by atoms with Gasteiger partial charge in [-0.3, -0.25) is 9.52 Å². The summed E-state index contributed by atoms with van der Waals surface area (Å²) in [5.74, 6) is -0.557. The van der Waals surface area contributed by atoms with Crippen molar-refractivity contribution < 1.29 is 17.6 Å². The second-order valence-corrected chi connectivity index (χ2v) is 9.46. The molecule has 2 aromatic rings. The highest BCUT2D eigenvalue weighted by atomic mass is 32.2. The highest BCUT2D eigenvalue weighted by molar-refractivity contribution is 7.92. The number of halogens is 1. The molecule has 7 nitrogen and oxygen atoms in total. The van der Waals surface area contributed by atoms with Crippen LogP contribution >= 0.6 is 0 Å². The van der Waals surface area contributed by atoms with Gasteiger partial charge in [0.05, 0.1) is 11.3 Å². The summed E-state index contributed by atoms with van der Waals surface area (Å²) >= 11 is 0. The van der Waals surface area contributed by atoms with E-state index in [0.29, 0.717) is 12.2 Å². The summed E-state index contributed by atoms with van der Waals surface area (Å²) in [4.78, 5) is 16.9. The Kier molecular flexibility index (Phi) is 8.00. The highest BCUT2D eigenvalue weighted by Gasteiger charge is 2.15. The Morgan fingerprint density at radius 1 is 1.00 bits per heavy atom. The van der Waals surface area contributed by atoms with Gasteiger partial charge in [0.15, 0.2) is 0 Å². The van der Waals surface area contributed by atoms with Crippen LogP contribution in [0.2, 0.25) is 0 Å². The average Bonchev–Trinajstić information content (AvgIpc) is 2.74. The topological polar surface area (TPSA) is 81.8 Å². The fraction of sp³-hybridized carbons (Fsp3) is 0.409. The van der Waals surface area contributed by atoms with Crippen LogP contribution in [0.1, 0.15) is 12.0 Å². The van der Waals surface area contributed by atoms with Gasteiger partial charge in [0.25, 0.3) is 10.0 Å². The van der Waals surface area contributed by atoms with Crippen molar-refractivity contribution >= 4 is 21.6 Å². The van der Waals surface area contributed by atoms with Gasteiger partial charge in [0.2, 0.25) is 5.91 Å². The van der Waals surface area contributed by atoms with Crippen molar-refractivity contribution in [1.82, 2.24) is 15.1 Å². The van der Waals surface area contributed by atoms with E-state index >= 15 is 0 Å². The van der Waals surface area contributed by atoms with Crippen LogP contribution in [0.4, 0.5) is 10.1 Å². The van der Waals surface area contributed by atoms with Crippen molar-refractivity contribution in [1.29, 1.82) is 0 Å². The number of likely N-dealkylation sites (N-methyl/N-ethyl adjacent to an activating group) is 1. The normalized spacial score (nSPS) is 15.5. The van der Waals surface area contributed by atoms with Crippen molar-refractivity contribution in [3.63, 3.8) is 0 Å². The SMILES string of the molecule is CN1CCN(CCCNC(=O)Cc2ccc(NS(=O)(=O)c3ccc(F)cc3)cc2)CC1. The van der Waals surface area contributed by atoms with Crippen LogP contribution in [0.3, 0.4) is 0 Å². The average molecular weight is 449 g/mol. The van der Waals surface area contributed by atoms with Gasteiger partial charge in [-0.25, -0.2) is 12.8 Å². The van der Waals surface area contributed by atoms with Gasteiger partial charge in [-0.1, -0.05) is 12.1 Å². The van der Waals surface area contributed by atoms with Crippen molar-refractivity contribution in [3.8, 4) is 0 Å². The molecule has 2 N–H and O–H groups in total. The van der Waals surface area contributed by atoms with Crippen LogP contribution in [-0.4, -0.2) is 70.4 Å². The number of nitrogens with zero attached hydrogens (tertiary/aromatic N) is 2. The minimum atomic E-state index is -3.80. The Labute approximate surface area is 183 Å². The zero-order valence-corrected chi connectivity index (χ0v) is 18.5. The van der Waals surface area contributed by atoms with E-state index in [2.05, 4.69) is 26.9 Å². The molecule has 0 aliphatic carbocycles. The highest BCUT2D eigenvalue weighted by Crippen LogP contribution is 2.17. The summed E-state index contributed by atoms with van der Waals surface area (Å²) < 4.78 is 40.1. The van der Waals surface area contributed by atoms with Gasteiger partial charge in [-0.15, -0.1) is 0 Å². The van der Waals surface area contributed by atoms with E-state index in [1.54, 1.807) is 24.3 Å². The van der Waals surface area contributed by atoms with Crippen LogP contribution in [0.15, 0.2) is 53.4 Å². The Balaban J connectivity index is 1.41. The molecule has 2 aromatic carbocycles. The number of amides is 1. The standard InChI is InChI=1S/C22H29FN4O3S/c1-26-13-15-27(16-14-26)12-2-11-24-22(28)17-18-3-7-20(8-4-18)25-31(29,30)21-9-5-19(23)6-10-21/h3-10,25H,2,11-17H2,1H3,(H,24,28).